The normalized spacial score (nSPS) is 20.8. The summed E-state index contributed by atoms with van der Waals surface area (Å²) >= 11 is 6.14. The van der Waals surface area contributed by atoms with E-state index in [0.29, 0.717) is 5.15 Å². The summed E-state index contributed by atoms with van der Waals surface area (Å²) in [6.45, 7) is 3.16. The van der Waals surface area contributed by atoms with Gasteiger partial charge in [0.15, 0.2) is 0 Å². The number of hydrogen-bond donors (Lipinski definition) is 1. The molecule has 0 saturated carbocycles. The largest absolute Gasteiger partial charge is 0.394 e. The Hall–Kier alpha value is -0.870. The fourth-order valence-corrected chi connectivity index (χ4v) is 2.84. The summed E-state index contributed by atoms with van der Waals surface area (Å²) in [6.07, 6.45) is 6.86. The Bertz CT molecular complexity index is 400. The molecule has 4 nitrogen and oxygen atoms in total. The molecule has 18 heavy (non-hydrogen) atoms. The first kappa shape index (κ1) is 13.6. The molecule has 0 spiro atoms. The number of nitrogens with zero attached hydrogens (tertiary/aromatic N) is 3. The molecule has 1 atom stereocenters. The van der Waals surface area contributed by atoms with Gasteiger partial charge in [-0.05, 0) is 19.3 Å². The third-order valence-corrected chi connectivity index (χ3v) is 3.91. The Kier molecular flexibility index (Phi) is 4.78. The Morgan fingerprint density at radius 1 is 1.39 bits per heavy atom. The summed E-state index contributed by atoms with van der Waals surface area (Å²) in [7, 11) is 0. The van der Waals surface area contributed by atoms with Crippen molar-refractivity contribution in [1.82, 2.24) is 9.97 Å². The van der Waals surface area contributed by atoms with Crippen molar-refractivity contribution >= 4 is 17.4 Å². The van der Waals surface area contributed by atoms with Crippen LogP contribution in [0.15, 0.2) is 6.33 Å². The molecule has 1 aliphatic rings. The summed E-state index contributed by atoms with van der Waals surface area (Å²) in [5, 5.41) is 10.1. The molecule has 0 amide bonds. The minimum atomic E-state index is 0.156. The molecule has 5 heteroatoms. The number of halogens is 1. The monoisotopic (exact) mass is 269 g/mol. The van der Waals surface area contributed by atoms with Crippen LogP contribution in [-0.2, 0) is 6.42 Å². The lowest BCUT2D eigenvalue weighted by molar-refractivity contribution is 0.254. The highest BCUT2D eigenvalue weighted by Crippen LogP contribution is 2.28. The van der Waals surface area contributed by atoms with Gasteiger partial charge in [-0.1, -0.05) is 31.4 Å². The van der Waals surface area contributed by atoms with Gasteiger partial charge in [0, 0.05) is 12.1 Å². The molecule has 1 aromatic heterocycles. The average molecular weight is 270 g/mol. The SMILES string of the molecule is CCc1c(Cl)ncnc1N1CCCCCC1CO. The number of aliphatic hydroxyl groups excluding tert-OH is 1. The first-order valence-electron chi connectivity index (χ1n) is 6.64. The third kappa shape index (κ3) is 2.75. The smallest absolute Gasteiger partial charge is 0.137 e. The van der Waals surface area contributed by atoms with Crippen molar-refractivity contribution in [2.24, 2.45) is 0 Å². The molecular weight excluding hydrogens is 250 g/mol. The third-order valence-electron chi connectivity index (χ3n) is 3.58. The van der Waals surface area contributed by atoms with Gasteiger partial charge in [-0.2, -0.15) is 0 Å². The Morgan fingerprint density at radius 2 is 2.22 bits per heavy atom. The zero-order chi connectivity index (χ0) is 13.0. The van der Waals surface area contributed by atoms with Crippen LogP contribution in [0.3, 0.4) is 0 Å². The van der Waals surface area contributed by atoms with E-state index < -0.39 is 0 Å². The second kappa shape index (κ2) is 6.34. The van der Waals surface area contributed by atoms with E-state index in [2.05, 4.69) is 21.8 Å². The number of hydrogen-bond acceptors (Lipinski definition) is 4. The van der Waals surface area contributed by atoms with Crippen molar-refractivity contribution in [3.63, 3.8) is 0 Å². The standard InChI is InChI=1S/C13H20ClN3O/c1-2-11-12(14)15-9-16-13(11)17-7-5-3-4-6-10(17)8-18/h9-10,18H,2-8H2,1H3. The molecule has 1 aliphatic heterocycles. The molecule has 1 aromatic rings. The molecule has 0 radical (unpaired) electrons. The molecule has 2 heterocycles. The molecule has 2 rings (SSSR count). The fraction of sp³-hybridized carbons (Fsp3) is 0.692. The van der Waals surface area contributed by atoms with Crippen LogP contribution in [-0.4, -0.2) is 34.3 Å². The Labute approximate surface area is 113 Å². The van der Waals surface area contributed by atoms with Crippen LogP contribution in [0.25, 0.3) is 0 Å². The van der Waals surface area contributed by atoms with E-state index in [0.717, 1.165) is 37.2 Å². The maximum Gasteiger partial charge on any atom is 0.137 e. The van der Waals surface area contributed by atoms with Crippen molar-refractivity contribution < 1.29 is 5.11 Å². The molecule has 1 fully saturated rings. The minimum absolute atomic E-state index is 0.156. The van der Waals surface area contributed by atoms with Gasteiger partial charge in [0.2, 0.25) is 0 Å². The van der Waals surface area contributed by atoms with Crippen molar-refractivity contribution in [3.8, 4) is 0 Å². The van der Waals surface area contributed by atoms with Gasteiger partial charge in [0.05, 0.1) is 12.6 Å². The van der Waals surface area contributed by atoms with Crippen LogP contribution in [0.2, 0.25) is 5.15 Å². The highest BCUT2D eigenvalue weighted by molar-refractivity contribution is 6.30. The first-order valence-corrected chi connectivity index (χ1v) is 7.02. The molecule has 0 bridgehead atoms. The van der Waals surface area contributed by atoms with E-state index in [1.54, 1.807) is 0 Å². The zero-order valence-corrected chi connectivity index (χ0v) is 11.5. The molecule has 1 N–H and O–H groups in total. The lowest BCUT2D eigenvalue weighted by Crippen LogP contribution is -2.38. The van der Waals surface area contributed by atoms with E-state index in [4.69, 9.17) is 11.6 Å². The second-order valence-electron chi connectivity index (χ2n) is 4.70. The van der Waals surface area contributed by atoms with Gasteiger partial charge in [-0.15, -0.1) is 0 Å². The van der Waals surface area contributed by atoms with E-state index >= 15 is 0 Å². The van der Waals surface area contributed by atoms with Crippen LogP contribution < -0.4 is 4.90 Å². The summed E-state index contributed by atoms with van der Waals surface area (Å²) in [6, 6.07) is 0.156. The average Bonchev–Trinajstić information content (AvgIpc) is 2.63. The van der Waals surface area contributed by atoms with Gasteiger partial charge in [0.1, 0.15) is 17.3 Å². The van der Waals surface area contributed by atoms with E-state index in [1.807, 2.05) is 0 Å². The topological polar surface area (TPSA) is 49.2 Å². The highest BCUT2D eigenvalue weighted by atomic mass is 35.5. The molecule has 1 saturated heterocycles. The predicted molar refractivity (Wildman–Crippen MR) is 73.1 cm³/mol. The molecule has 0 aromatic carbocycles. The van der Waals surface area contributed by atoms with Crippen LogP contribution in [0.5, 0.6) is 0 Å². The van der Waals surface area contributed by atoms with Crippen molar-refractivity contribution in [1.29, 1.82) is 0 Å². The number of rotatable bonds is 3. The van der Waals surface area contributed by atoms with Crippen LogP contribution in [0, 0.1) is 0 Å². The Morgan fingerprint density at radius 3 is 2.94 bits per heavy atom. The maximum absolute atomic E-state index is 9.56. The van der Waals surface area contributed by atoms with Gasteiger partial charge in [0.25, 0.3) is 0 Å². The lowest BCUT2D eigenvalue weighted by atomic mass is 10.1. The first-order chi connectivity index (χ1) is 8.77. The molecule has 0 aliphatic carbocycles. The van der Waals surface area contributed by atoms with Gasteiger partial charge < -0.3 is 10.0 Å². The minimum Gasteiger partial charge on any atom is -0.394 e. The van der Waals surface area contributed by atoms with Crippen molar-refractivity contribution in [2.45, 2.75) is 45.1 Å². The summed E-state index contributed by atoms with van der Waals surface area (Å²) in [4.78, 5) is 10.6. The maximum atomic E-state index is 9.56. The van der Waals surface area contributed by atoms with Crippen LogP contribution in [0.4, 0.5) is 5.82 Å². The lowest BCUT2D eigenvalue weighted by Gasteiger charge is -2.31. The fourth-order valence-electron chi connectivity index (χ4n) is 2.58. The molecule has 100 valence electrons. The van der Waals surface area contributed by atoms with E-state index in [-0.39, 0.29) is 12.6 Å². The summed E-state index contributed by atoms with van der Waals surface area (Å²) < 4.78 is 0. The van der Waals surface area contributed by atoms with Crippen LogP contribution >= 0.6 is 11.6 Å². The van der Waals surface area contributed by atoms with Gasteiger partial charge in [-0.3, -0.25) is 0 Å². The predicted octanol–water partition coefficient (Wildman–Crippen LogP) is 2.43. The quantitative estimate of drug-likeness (QED) is 0.857. The van der Waals surface area contributed by atoms with Gasteiger partial charge >= 0.3 is 0 Å². The van der Waals surface area contributed by atoms with Crippen LogP contribution in [0.1, 0.15) is 38.2 Å². The number of aliphatic hydroxyl groups is 1. The van der Waals surface area contributed by atoms with Crippen molar-refractivity contribution in [3.05, 3.63) is 17.0 Å². The number of aromatic nitrogens is 2. The van der Waals surface area contributed by atoms with E-state index in [9.17, 15) is 5.11 Å². The Balaban J connectivity index is 2.35. The molecule has 1 unspecified atom stereocenters. The molecular formula is C13H20ClN3O. The summed E-state index contributed by atoms with van der Waals surface area (Å²) in [5.41, 5.74) is 0.986. The summed E-state index contributed by atoms with van der Waals surface area (Å²) in [5.74, 6) is 0.901. The second-order valence-corrected chi connectivity index (χ2v) is 5.06. The highest BCUT2D eigenvalue weighted by Gasteiger charge is 2.24. The van der Waals surface area contributed by atoms with Gasteiger partial charge in [-0.25, -0.2) is 9.97 Å². The van der Waals surface area contributed by atoms with Crippen molar-refractivity contribution in [2.75, 3.05) is 18.1 Å². The van der Waals surface area contributed by atoms with E-state index in [1.165, 1.54) is 19.2 Å². The zero-order valence-electron chi connectivity index (χ0n) is 10.8. The number of anilines is 1.